The Morgan fingerprint density at radius 2 is 1.33 bits per heavy atom. The van der Waals surface area contributed by atoms with Crippen LogP contribution in [0.4, 0.5) is 11.4 Å². The van der Waals surface area contributed by atoms with Crippen molar-refractivity contribution < 1.29 is 9.59 Å². The molecule has 5 aromatic rings. The Labute approximate surface area is 190 Å². The first-order valence-corrected chi connectivity index (χ1v) is 10.9. The predicted molar refractivity (Wildman–Crippen MR) is 132 cm³/mol. The van der Waals surface area contributed by atoms with Crippen LogP contribution in [0.15, 0.2) is 91.0 Å². The van der Waals surface area contributed by atoms with Gasteiger partial charge in [-0.1, -0.05) is 72.3 Å². The van der Waals surface area contributed by atoms with E-state index in [4.69, 9.17) is 0 Å². The van der Waals surface area contributed by atoms with Crippen LogP contribution < -0.4 is 5.32 Å². The maximum atomic E-state index is 13.7. The Bertz CT molecular complexity index is 1560. The number of H-pyrrole nitrogens is 1. The molecule has 0 spiro atoms. The Hall–Kier alpha value is -4.44. The number of nitrogens with one attached hydrogen (secondary N) is 2. The zero-order valence-corrected chi connectivity index (χ0v) is 18.0. The third-order valence-corrected chi connectivity index (χ3v) is 6.20. The number of hydrogen-bond donors (Lipinski definition) is 2. The van der Waals surface area contributed by atoms with Gasteiger partial charge in [0.25, 0.3) is 0 Å². The molecule has 4 heteroatoms. The van der Waals surface area contributed by atoms with E-state index in [2.05, 4.69) is 10.3 Å². The highest BCUT2D eigenvalue weighted by Gasteiger charge is 2.34. The number of ketones is 2. The number of aromatic nitrogens is 1. The van der Waals surface area contributed by atoms with Crippen LogP contribution >= 0.6 is 0 Å². The molecule has 0 aliphatic heterocycles. The van der Waals surface area contributed by atoms with Crippen molar-refractivity contribution >= 4 is 33.8 Å². The van der Waals surface area contributed by atoms with E-state index in [9.17, 15) is 9.59 Å². The van der Waals surface area contributed by atoms with Gasteiger partial charge in [0.2, 0.25) is 0 Å². The van der Waals surface area contributed by atoms with Gasteiger partial charge in [0.15, 0.2) is 11.6 Å². The number of anilines is 2. The molecule has 4 aromatic carbocycles. The molecule has 0 saturated heterocycles. The Morgan fingerprint density at radius 1 is 0.697 bits per heavy atom. The number of carbonyl (C=O) groups excluding carboxylic acids is 2. The zero-order chi connectivity index (χ0) is 22.5. The lowest BCUT2D eigenvalue weighted by Gasteiger charge is -2.22. The van der Waals surface area contributed by atoms with Gasteiger partial charge in [-0.3, -0.25) is 9.59 Å². The molecule has 1 aliphatic carbocycles. The fraction of sp³-hybridized carbons (Fsp3) is 0.0345. The van der Waals surface area contributed by atoms with Crippen LogP contribution in [-0.4, -0.2) is 16.6 Å². The number of aromatic amines is 1. The molecule has 0 amide bonds. The third-order valence-electron chi connectivity index (χ3n) is 6.20. The Morgan fingerprint density at radius 3 is 2.03 bits per heavy atom. The number of rotatable bonds is 3. The van der Waals surface area contributed by atoms with Gasteiger partial charge in [0.05, 0.1) is 22.3 Å². The van der Waals surface area contributed by atoms with Crippen molar-refractivity contribution in [3.63, 3.8) is 0 Å². The minimum absolute atomic E-state index is 0.140. The van der Waals surface area contributed by atoms with Gasteiger partial charge in [-0.25, -0.2) is 0 Å². The lowest BCUT2D eigenvalue weighted by molar-refractivity contribution is 0.0981. The van der Waals surface area contributed by atoms with Crippen molar-refractivity contribution in [3.05, 3.63) is 119 Å². The highest BCUT2D eigenvalue weighted by Crippen LogP contribution is 2.39. The van der Waals surface area contributed by atoms with Crippen molar-refractivity contribution in [2.45, 2.75) is 6.92 Å². The van der Waals surface area contributed by atoms with E-state index in [1.54, 1.807) is 24.3 Å². The molecular formula is C29H20N2O2. The summed E-state index contributed by atoms with van der Waals surface area (Å²) in [5.41, 5.74) is 6.97. The molecule has 0 fully saturated rings. The smallest absolute Gasteiger partial charge is 0.196 e. The van der Waals surface area contributed by atoms with E-state index in [-0.39, 0.29) is 11.6 Å². The minimum Gasteiger partial charge on any atom is -0.355 e. The van der Waals surface area contributed by atoms with Gasteiger partial charge in [0.1, 0.15) is 0 Å². The van der Waals surface area contributed by atoms with Gasteiger partial charge in [-0.2, -0.15) is 0 Å². The molecule has 1 aromatic heterocycles. The molecule has 33 heavy (non-hydrogen) atoms. The zero-order valence-electron chi connectivity index (χ0n) is 18.0. The van der Waals surface area contributed by atoms with Crippen LogP contribution in [0.1, 0.15) is 37.4 Å². The van der Waals surface area contributed by atoms with Gasteiger partial charge in [-0.15, -0.1) is 0 Å². The summed E-state index contributed by atoms with van der Waals surface area (Å²) < 4.78 is 0. The largest absolute Gasteiger partial charge is 0.355 e. The molecule has 0 unspecified atom stereocenters. The highest BCUT2D eigenvalue weighted by atomic mass is 16.1. The molecule has 158 valence electrons. The van der Waals surface area contributed by atoms with E-state index >= 15 is 0 Å². The first-order chi connectivity index (χ1) is 16.1. The molecular weight excluding hydrogens is 408 g/mol. The number of hydrogen-bond acceptors (Lipinski definition) is 3. The van der Waals surface area contributed by atoms with E-state index in [1.807, 2.05) is 73.7 Å². The maximum absolute atomic E-state index is 13.7. The number of benzene rings is 4. The third kappa shape index (κ3) is 3.07. The van der Waals surface area contributed by atoms with E-state index in [1.165, 1.54) is 0 Å². The molecule has 0 radical (unpaired) electrons. The first kappa shape index (κ1) is 19.3. The molecule has 0 atom stereocenters. The molecule has 1 aliphatic rings. The monoisotopic (exact) mass is 428 g/mol. The quantitative estimate of drug-likeness (QED) is 0.331. The van der Waals surface area contributed by atoms with E-state index in [0.717, 1.165) is 27.9 Å². The van der Waals surface area contributed by atoms with Crippen LogP contribution in [0.5, 0.6) is 0 Å². The van der Waals surface area contributed by atoms with Gasteiger partial charge in [-0.05, 0) is 36.8 Å². The Balaban J connectivity index is 1.62. The second-order valence-corrected chi connectivity index (χ2v) is 8.38. The van der Waals surface area contributed by atoms with E-state index < -0.39 is 0 Å². The summed E-state index contributed by atoms with van der Waals surface area (Å²) in [5, 5.41) is 4.27. The van der Waals surface area contributed by atoms with Gasteiger partial charge >= 0.3 is 0 Å². The van der Waals surface area contributed by atoms with Crippen molar-refractivity contribution in [2.24, 2.45) is 0 Å². The topological polar surface area (TPSA) is 62.0 Å². The molecule has 0 bridgehead atoms. The van der Waals surface area contributed by atoms with Gasteiger partial charge in [0, 0.05) is 27.9 Å². The van der Waals surface area contributed by atoms with Crippen LogP contribution in [0.25, 0.3) is 22.2 Å². The number of carbonyl (C=O) groups is 2. The molecule has 6 rings (SSSR count). The standard InChI is InChI=1S/C29H20N2O2/c1-17-11-13-20(14-12-17)30-24-16-19-15-23(18-7-3-2-4-8-18)31-27(19)26-25(24)28(32)21-9-5-6-10-22(21)29(26)33/h2-16,30-31H,1H3. The van der Waals surface area contributed by atoms with Crippen molar-refractivity contribution in [1.29, 1.82) is 0 Å². The van der Waals surface area contributed by atoms with Crippen molar-refractivity contribution in [3.8, 4) is 11.3 Å². The average molecular weight is 428 g/mol. The summed E-state index contributed by atoms with van der Waals surface area (Å²) in [6, 6.07) is 29.0. The lowest BCUT2D eigenvalue weighted by Crippen LogP contribution is -2.22. The van der Waals surface area contributed by atoms with Crippen LogP contribution in [0.2, 0.25) is 0 Å². The first-order valence-electron chi connectivity index (χ1n) is 10.9. The van der Waals surface area contributed by atoms with Gasteiger partial charge < -0.3 is 10.3 Å². The Kier molecular flexibility index (Phi) is 4.27. The van der Waals surface area contributed by atoms with Crippen molar-refractivity contribution in [1.82, 2.24) is 4.98 Å². The summed E-state index contributed by atoms with van der Waals surface area (Å²) in [6.45, 7) is 2.03. The fourth-order valence-corrected chi connectivity index (χ4v) is 4.55. The predicted octanol–water partition coefficient (Wildman–Crippen LogP) is 6.66. The van der Waals surface area contributed by atoms with Crippen molar-refractivity contribution in [2.75, 3.05) is 5.32 Å². The van der Waals surface area contributed by atoms with Crippen LogP contribution in [0.3, 0.4) is 0 Å². The summed E-state index contributed by atoms with van der Waals surface area (Å²) in [7, 11) is 0. The summed E-state index contributed by atoms with van der Waals surface area (Å²) >= 11 is 0. The normalized spacial score (nSPS) is 12.5. The van der Waals surface area contributed by atoms with Crippen LogP contribution in [0, 0.1) is 6.92 Å². The molecule has 2 N–H and O–H groups in total. The number of aryl methyl sites for hydroxylation is 1. The summed E-state index contributed by atoms with van der Waals surface area (Å²) in [5.74, 6) is -0.285. The second kappa shape index (κ2) is 7.31. The minimum atomic E-state index is -0.146. The molecule has 4 nitrogen and oxygen atoms in total. The van der Waals surface area contributed by atoms with E-state index in [0.29, 0.717) is 33.5 Å². The van der Waals surface area contributed by atoms with Crippen LogP contribution in [-0.2, 0) is 0 Å². The maximum Gasteiger partial charge on any atom is 0.196 e. The fourth-order valence-electron chi connectivity index (χ4n) is 4.55. The number of fused-ring (bicyclic) bond motifs is 4. The SMILES string of the molecule is Cc1ccc(Nc2cc3cc(-c4ccccc4)[nH]c3c3c2C(=O)c2ccccc2C3=O)cc1. The lowest BCUT2D eigenvalue weighted by atomic mass is 9.82. The summed E-state index contributed by atoms with van der Waals surface area (Å²) in [6.07, 6.45) is 0. The second-order valence-electron chi connectivity index (χ2n) is 8.38. The molecule has 0 saturated carbocycles. The summed E-state index contributed by atoms with van der Waals surface area (Å²) in [4.78, 5) is 30.7. The molecule has 1 heterocycles. The average Bonchev–Trinajstić information content (AvgIpc) is 3.28. The highest BCUT2D eigenvalue weighted by molar-refractivity contribution is 6.33.